The summed E-state index contributed by atoms with van der Waals surface area (Å²) >= 11 is 3.29. The van der Waals surface area contributed by atoms with Crippen molar-refractivity contribution in [3.8, 4) is 6.07 Å². The number of benzene rings is 1. The van der Waals surface area contributed by atoms with Crippen LogP contribution in [0, 0.1) is 11.3 Å². The van der Waals surface area contributed by atoms with Gasteiger partial charge in [-0.3, -0.25) is 9.59 Å². The molecule has 1 N–H and O–H groups in total. The van der Waals surface area contributed by atoms with Crippen LogP contribution in [0.2, 0.25) is 0 Å². The largest absolute Gasteiger partial charge is 0.461 e. The molecule has 1 heterocycles. The van der Waals surface area contributed by atoms with Crippen LogP contribution in [-0.2, 0) is 26.5 Å². The first-order valence-corrected chi connectivity index (χ1v) is 10.5. The van der Waals surface area contributed by atoms with Gasteiger partial charge in [0.15, 0.2) is 0 Å². The minimum atomic E-state index is -0.516. The van der Waals surface area contributed by atoms with E-state index in [4.69, 9.17) is 4.74 Å². The van der Waals surface area contributed by atoms with Crippen LogP contribution in [0.4, 0.5) is 0 Å². The van der Waals surface area contributed by atoms with Gasteiger partial charge in [-0.1, -0.05) is 43.2 Å². The number of nitrogens with zero attached hydrogens (tertiary/aromatic N) is 2. The highest BCUT2D eigenvalue weighted by Gasteiger charge is 2.37. The molecule has 0 aliphatic heterocycles. The number of hydrogen-bond acceptors (Lipinski definition) is 5. The van der Waals surface area contributed by atoms with E-state index in [-0.39, 0.29) is 18.1 Å². The molecular weight excluding hydrogens is 446 g/mol. The summed E-state index contributed by atoms with van der Waals surface area (Å²) in [6.45, 7) is 1.59. The van der Waals surface area contributed by atoms with Gasteiger partial charge in [-0.25, -0.2) is 4.98 Å². The van der Waals surface area contributed by atoms with E-state index in [0.29, 0.717) is 10.3 Å². The first-order chi connectivity index (χ1) is 14.4. The molecule has 1 aliphatic carbocycles. The molecular formula is C23H22BrN3O3. The Morgan fingerprint density at radius 3 is 2.53 bits per heavy atom. The van der Waals surface area contributed by atoms with Gasteiger partial charge < -0.3 is 10.1 Å². The molecule has 1 saturated carbocycles. The SMILES string of the molecule is CC(=O)OCc1ccc(C2(NC(=O)C(C#N)=Cc3cccc(Br)n3)CCCC2)cc1. The highest BCUT2D eigenvalue weighted by Crippen LogP contribution is 2.39. The minimum absolute atomic E-state index is 0.0124. The maximum absolute atomic E-state index is 12.9. The van der Waals surface area contributed by atoms with Crippen LogP contribution in [0.3, 0.4) is 0 Å². The van der Waals surface area contributed by atoms with Crippen molar-refractivity contribution in [1.29, 1.82) is 5.26 Å². The Morgan fingerprint density at radius 2 is 1.93 bits per heavy atom. The van der Waals surface area contributed by atoms with Crippen molar-refractivity contribution < 1.29 is 14.3 Å². The average molecular weight is 468 g/mol. The van der Waals surface area contributed by atoms with Gasteiger partial charge >= 0.3 is 5.97 Å². The summed E-state index contributed by atoms with van der Waals surface area (Å²) < 4.78 is 5.67. The molecule has 1 fully saturated rings. The fourth-order valence-corrected chi connectivity index (χ4v) is 4.01. The summed E-state index contributed by atoms with van der Waals surface area (Å²) in [4.78, 5) is 28.2. The topological polar surface area (TPSA) is 92.1 Å². The standard InChI is InChI=1S/C23H22BrN3O3/c1-16(28)30-15-17-7-9-19(10-8-17)23(11-2-3-12-23)27-22(29)18(14-25)13-20-5-4-6-21(24)26-20/h4-10,13H,2-3,11-12,15H2,1H3,(H,27,29). The predicted molar refractivity (Wildman–Crippen MR) is 116 cm³/mol. The lowest BCUT2D eigenvalue weighted by atomic mass is 9.87. The molecule has 0 unspecified atom stereocenters. The third kappa shape index (κ3) is 5.33. The van der Waals surface area contributed by atoms with E-state index in [0.717, 1.165) is 36.8 Å². The normalized spacial score (nSPS) is 15.3. The number of nitriles is 1. The number of ether oxygens (including phenoxy) is 1. The zero-order chi connectivity index (χ0) is 21.6. The van der Waals surface area contributed by atoms with Gasteiger partial charge in [0.2, 0.25) is 0 Å². The number of hydrogen-bond donors (Lipinski definition) is 1. The molecule has 0 spiro atoms. The van der Waals surface area contributed by atoms with Crippen LogP contribution in [0.5, 0.6) is 0 Å². The van der Waals surface area contributed by atoms with E-state index >= 15 is 0 Å². The second kappa shape index (κ2) is 9.68. The lowest BCUT2D eigenvalue weighted by Crippen LogP contribution is -2.44. The number of nitrogens with one attached hydrogen (secondary N) is 1. The Morgan fingerprint density at radius 1 is 1.23 bits per heavy atom. The van der Waals surface area contributed by atoms with E-state index in [1.54, 1.807) is 18.2 Å². The number of halogens is 1. The number of esters is 1. The highest BCUT2D eigenvalue weighted by atomic mass is 79.9. The molecule has 154 valence electrons. The van der Waals surface area contributed by atoms with Crippen LogP contribution < -0.4 is 5.32 Å². The number of carbonyl (C=O) groups is 2. The van der Waals surface area contributed by atoms with Gasteiger partial charge in [0.25, 0.3) is 5.91 Å². The fourth-order valence-electron chi connectivity index (χ4n) is 3.65. The summed E-state index contributed by atoms with van der Waals surface area (Å²) in [6.07, 6.45) is 5.08. The Labute approximate surface area is 184 Å². The maximum Gasteiger partial charge on any atom is 0.302 e. The van der Waals surface area contributed by atoms with Gasteiger partial charge in [-0.2, -0.15) is 5.26 Å². The molecule has 0 atom stereocenters. The van der Waals surface area contributed by atoms with Crippen LogP contribution in [0.15, 0.2) is 52.6 Å². The van der Waals surface area contributed by atoms with Crippen LogP contribution in [0.25, 0.3) is 6.08 Å². The van der Waals surface area contributed by atoms with Crippen molar-refractivity contribution in [3.63, 3.8) is 0 Å². The number of pyridine rings is 1. The number of rotatable bonds is 6. The molecule has 1 aliphatic rings. The van der Waals surface area contributed by atoms with Gasteiger partial charge in [0, 0.05) is 6.92 Å². The van der Waals surface area contributed by atoms with Gasteiger partial charge in [-0.15, -0.1) is 0 Å². The zero-order valence-electron chi connectivity index (χ0n) is 16.7. The van der Waals surface area contributed by atoms with Gasteiger partial charge in [0.05, 0.1) is 11.2 Å². The smallest absolute Gasteiger partial charge is 0.302 e. The zero-order valence-corrected chi connectivity index (χ0v) is 18.2. The third-order valence-electron chi connectivity index (χ3n) is 5.15. The summed E-state index contributed by atoms with van der Waals surface area (Å²) in [5, 5.41) is 12.6. The van der Waals surface area contributed by atoms with Crippen molar-refractivity contribution in [2.24, 2.45) is 0 Å². The molecule has 1 amide bonds. The molecule has 2 aromatic rings. The molecule has 1 aromatic heterocycles. The van der Waals surface area contributed by atoms with E-state index in [9.17, 15) is 14.9 Å². The van der Waals surface area contributed by atoms with Gasteiger partial charge in [-0.05, 0) is 58.1 Å². The van der Waals surface area contributed by atoms with Crippen molar-refractivity contribution in [3.05, 3.63) is 69.5 Å². The van der Waals surface area contributed by atoms with E-state index in [1.807, 2.05) is 30.3 Å². The predicted octanol–water partition coefficient (Wildman–Crippen LogP) is 4.40. The van der Waals surface area contributed by atoms with Crippen molar-refractivity contribution in [2.45, 2.75) is 44.8 Å². The first kappa shape index (κ1) is 21.7. The van der Waals surface area contributed by atoms with Gasteiger partial charge in [0.1, 0.15) is 22.9 Å². The first-order valence-electron chi connectivity index (χ1n) is 9.71. The molecule has 6 nitrogen and oxygen atoms in total. The molecule has 30 heavy (non-hydrogen) atoms. The number of carbonyl (C=O) groups excluding carboxylic acids is 2. The summed E-state index contributed by atoms with van der Waals surface area (Å²) in [5.74, 6) is -0.737. The molecule has 0 saturated heterocycles. The number of aromatic nitrogens is 1. The number of amides is 1. The second-order valence-electron chi connectivity index (χ2n) is 7.28. The van der Waals surface area contributed by atoms with Crippen molar-refractivity contribution in [1.82, 2.24) is 10.3 Å². The van der Waals surface area contributed by atoms with Crippen LogP contribution >= 0.6 is 15.9 Å². The van der Waals surface area contributed by atoms with Crippen LogP contribution in [-0.4, -0.2) is 16.9 Å². The lowest BCUT2D eigenvalue weighted by Gasteiger charge is -2.31. The fraction of sp³-hybridized carbons (Fsp3) is 0.304. The highest BCUT2D eigenvalue weighted by molar-refractivity contribution is 9.10. The molecule has 3 rings (SSSR count). The molecule has 0 bridgehead atoms. The second-order valence-corrected chi connectivity index (χ2v) is 8.09. The van der Waals surface area contributed by atoms with E-state index in [1.165, 1.54) is 13.0 Å². The lowest BCUT2D eigenvalue weighted by molar-refractivity contribution is -0.142. The van der Waals surface area contributed by atoms with Crippen molar-refractivity contribution >= 4 is 33.9 Å². The van der Waals surface area contributed by atoms with E-state index in [2.05, 4.69) is 26.2 Å². The summed E-state index contributed by atoms with van der Waals surface area (Å²) in [5.41, 5.74) is 1.90. The van der Waals surface area contributed by atoms with E-state index < -0.39 is 11.4 Å². The molecule has 7 heteroatoms. The quantitative estimate of drug-likeness (QED) is 0.294. The van der Waals surface area contributed by atoms with Crippen LogP contribution in [0.1, 0.15) is 49.4 Å². The maximum atomic E-state index is 12.9. The monoisotopic (exact) mass is 467 g/mol. The summed E-state index contributed by atoms with van der Waals surface area (Å²) in [6, 6.07) is 15.0. The van der Waals surface area contributed by atoms with Crippen molar-refractivity contribution in [2.75, 3.05) is 0 Å². The molecule has 1 aromatic carbocycles. The third-order valence-corrected chi connectivity index (χ3v) is 5.59. The Hall–Kier alpha value is -2.98. The minimum Gasteiger partial charge on any atom is -0.461 e. The Bertz CT molecular complexity index is 1000. The average Bonchev–Trinajstić information content (AvgIpc) is 3.20. The summed E-state index contributed by atoms with van der Waals surface area (Å²) in [7, 11) is 0. The Kier molecular flexibility index (Phi) is 7.01. The Balaban J connectivity index is 1.81. The molecule has 0 radical (unpaired) electrons.